The molecular weight excluding hydrogens is 420 g/mol. The number of aryl methyl sites for hydroxylation is 1. The third kappa shape index (κ3) is 3.33. The monoisotopic (exact) mass is 438 g/mol. The molecule has 6 rings (SSSR count). The summed E-state index contributed by atoms with van der Waals surface area (Å²) < 4.78 is 13.7. The quantitative estimate of drug-likeness (QED) is 0.316. The van der Waals surface area contributed by atoms with Crippen LogP contribution in [0.4, 0.5) is 0 Å². The number of furan rings is 1. The normalized spacial score (nSPS) is 11.4. The summed E-state index contributed by atoms with van der Waals surface area (Å²) >= 11 is 1.53. The van der Waals surface area contributed by atoms with Crippen molar-refractivity contribution in [1.29, 1.82) is 0 Å². The fraction of sp³-hybridized carbons (Fsp3) is 0.0800. The highest BCUT2D eigenvalue weighted by molar-refractivity contribution is 7.16. The number of ether oxygens (including phenoxy) is 1. The molecule has 0 spiro atoms. The van der Waals surface area contributed by atoms with Gasteiger partial charge in [-0.1, -0.05) is 59.9 Å². The highest BCUT2D eigenvalue weighted by Gasteiger charge is 2.20. The van der Waals surface area contributed by atoms with Crippen molar-refractivity contribution < 1.29 is 9.15 Å². The number of fused-ring (bicyclic) bond motifs is 2. The number of nitrogens with zero attached hydrogens (tertiary/aromatic N) is 4. The first-order chi connectivity index (χ1) is 15.7. The molecule has 0 aliphatic rings. The van der Waals surface area contributed by atoms with Gasteiger partial charge in [-0.05, 0) is 42.8 Å². The Balaban J connectivity index is 1.26. The molecule has 3 aromatic heterocycles. The molecule has 3 heterocycles. The minimum absolute atomic E-state index is 0.628. The minimum Gasteiger partial charge on any atom is -0.457 e. The standard InChI is InChI=1S/C25H18N4O2S/c1-16-20-9-5-6-10-21(20)31-23(16)24-26-27-25-29(24)28-22(32-25)15-17-11-13-19(14-12-17)30-18-7-3-2-4-8-18/h2-14H,15H2,1H3. The van der Waals surface area contributed by atoms with Crippen molar-refractivity contribution in [2.75, 3.05) is 0 Å². The fourth-order valence-electron chi connectivity index (χ4n) is 3.73. The lowest BCUT2D eigenvalue weighted by Gasteiger charge is -2.06. The first-order valence-electron chi connectivity index (χ1n) is 10.3. The van der Waals surface area contributed by atoms with Crippen molar-refractivity contribution in [3.8, 4) is 23.1 Å². The number of hydrogen-bond acceptors (Lipinski definition) is 6. The second-order valence-corrected chi connectivity index (χ2v) is 8.54. The van der Waals surface area contributed by atoms with Crippen molar-refractivity contribution in [3.05, 3.63) is 95.0 Å². The van der Waals surface area contributed by atoms with E-state index in [2.05, 4.69) is 22.3 Å². The van der Waals surface area contributed by atoms with Gasteiger partial charge in [-0.15, -0.1) is 10.2 Å². The maximum absolute atomic E-state index is 6.07. The second kappa shape index (κ2) is 7.62. The predicted molar refractivity (Wildman–Crippen MR) is 124 cm³/mol. The molecule has 0 saturated heterocycles. The van der Waals surface area contributed by atoms with Crippen LogP contribution in [0.5, 0.6) is 11.5 Å². The van der Waals surface area contributed by atoms with E-state index < -0.39 is 0 Å². The van der Waals surface area contributed by atoms with Gasteiger partial charge in [0, 0.05) is 17.4 Å². The molecule has 0 amide bonds. The van der Waals surface area contributed by atoms with Gasteiger partial charge in [0.1, 0.15) is 22.1 Å². The second-order valence-electron chi connectivity index (χ2n) is 7.50. The van der Waals surface area contributed by atoms with Crippen LogP contribution in [0.15, 0.2) is 83.3 Å². The van der Waals surface area contributed by atoms with Crippen LogP contribution in [-0.4, -0.2) is 19.8 Å². The zero-order valence-electron chi connectivity index (χ0n) is 17.2. The van der Waals surface area contributed by atoms with Gasteiger partial charge < -0.3 is 9.15 Å². The van der Waals surface area contributed by atoms with Gasteiger partial charge >= 0.3 is 0 Å². The molecule has 0 bridgehead atoms. The zero-order chi connectivity index (χ0) is 21.5. The lowest BCUT2D eigenvalue weighted by atomic mass is 10.1. The summed E-state index contributed by atoms with van der Waals surface area (Å²) in [5, 5.41) is 15.5. The molecule has 32 heavy (non-hydrogen) atoms. The Morgan fingerprint density at radius 2 is 1.62 bits per heavy atom. The largest absolute Gasteiger partial charge is 0.457 e. The van der Waals surface area contributed by atoms with Crippen LogP contribution in [0.3, 0.4) is 0 Å². The number of benzene rings is 3. The molecule has 0 N–H and O–H groups in total. The predicted octanol–water partition coefficient (Wildman–Crippen LogP) is 6.29. The van der Waals surface area contributed by atoms with Crippen molar-refractivity contribution in [2.45, 2.75) is 13.3 Å². The molecule has 6 nitrogen and oxygen atoms in total. The Labute approximate surface area is 187 Å². The van der Waals surface area contributed by atoms with Crippen molar-refractivity contribution in [2.24, 2.45) is 0 Å². The maximum atomic E-state index is 6.07. The van der Waals surface area contributed by atoms with E-state index in [1.165, 1.54) is 11.3 Å². The molecule has 0 radical (unpaired) electrons. The maximum Gasteiger partial charge on any atom is 0.235 e. The van der Waals surface area contributed by atoms with E-state index in [4.69, 9.17) is 14.3 Å². The van der Waals surface area contributed by atoms with E-state index in [-0.39, 0.29) is 0 Å². The average Bonchev–Trinajstić information content (AvgIpc) is 3.49. The highest BCUT2D eigenvalue weighted by Crippen LogP contribution is 2.33. The van der Waals surface area contributed by atoms with Crippen LogP contribution in [0.25, 0.3) is 27.5 Å². The third-order valence-corrected chi connectivity index (χ3v) is 6.24. The van der Waals surface area contributed by atoms with Crippen LogP contribution < -0.4 is 4.74 Å². The van der Waals surface area contributed by atoms with Gasteiger partial charge in [-0.25, -0.2) is 0 Å². The van der Waals surface area contributed by atoms with Crippen LogP contribution in [0.2, 0.25) is 0 Å². The smallest absolute Gasteiger partial charge is 0.235 e. The number of hydrogen-bond donors (Lipinski definition) is 0. The van der Waals surface area contributed by atoms with E-state index in [0.717, 1.165) is 43.6 Å². The summed E-state index contributed by atoms with van der Waals surface area (Å²) in [4.78, 5) is 0.749. The molecule has 6 aromatic rings. The molecule has 0 aliphatic heterocycles. The summed E-state index contributed by atoms with van der Waals surface area (Å²) in [5.74, 6) is 2.96. The lowest BCUT2D eigenvalue weighted by molar-refractivity contribution is 0.482. The van der Waals surface area contributed by atoms with Crippen LogP contribution >= 0.6 is 11.3 Å². The van der Waals surface area contributed by atoms with Gasteiger partial charge in [0.25, 0.3) is 0 Å². The Hall–Kier alpha value is -3.97. The van der Waals surface area contributed by atoms with Crippen LogP contribution in [-0.2, 0) is 6.42 Å². The summed E-state index contributed by atoms with van der Waals surface area (Å²) in [7, 11) is 0. The van der Waals surface area contributed by atoms with E-state index >= 15 is 0 Å². The Kier molecular flexibility index (Phi) is 4.47. The van der Waals surface area contributed by atoms with E-state index in [9.17, 15) is 0 Å². The molecule has 7 heteroatoms. The molecule has 0 unspecified atom stereocenters. The van der Waals surface area contributed by atoms with Gasteiger partial charge in [0.05, 0.1) is 0 Å². The Morgan fingerprint density at radius 1 is 0.875 bits per heavy atom. The fourth-order valence-corrected chi connectivity index (χ4v) is 4.60. The van der Waals surface area contributed by atoms with Gasteiger partial charge in [0.2, 0.25) is 10.8 Å². The van der Waals surface area contributed by atoms with Crippen LogP contribution in [0, 0.1) is 6.92 Å². The molecular formula is C25H18N4O2S. The number of aromatic nitrogens is 4. The highest BCUT2D eigenvalue weighted by atomic mass is 32.1. The van der Waals surface area contributed by atoms with Gasteiger partial charge in [0.15, 0.2) is 5.76 Å². The average molecular weight is 439 g/mol. The Bertz CT molecular complexity index is 1530. The minimum atomic E-state index is 0.628. The third-order valence-electron chi connectivity index (χ3n) is 5.34. The lowest BCUT2D eigenvalue weighted by Crippen LogP contribution is -1.94. The first kappa shape index (κ1) is 18.8. The molecule has 0 fully saturated rings. The van der Waals surface area contributed by atoms with Crippen LogP contribution in [0.1, 0.15) is 16.1 Å². The van der Waals surface area contributed by atoms with Gasteiger partial charge in [-0.2, -0.15) is 9.61 Å². The summed E-state index contributed by atoms with van der Waals surface area (Å²) in [6.07, 6.45) is 0.707. The summed E-state index contributed by atoms with van der Waals surface area (Å²) in [6, 6.07) is 25.8. The topological polar surface area (TPSA) is 65.5 Å². The number of para-hydroxylation sites is 2. The Morgan fingerprint density at radius 3 is 2.44 bits per heavy atom. The molecule has 0 saturated carbocycles. The van der Waals surface area contributed by atoms with Crippen molar-refractivity contribution >= 4 is 27.3 Å². The molecule has 0 aliphatic carbocycles. The zero-order valence-corrected chi connectivity index (χ0v) is 18.0. The van der Waals surface area contributed by atoms with Crippen molar-refractivity contribution in [1.82, 2.24) is 19.8 Å². The molecule has 156 valence electrons. The molecule has 3 aromatic carbocycles. The summed E-state index contributed by atoms with van der Waals surface area (Å²) in [6.45, 7) is 2.04. The van der Waals surface area contributed by atoms with E-state index in [0.29, 0.717) is 18.0 Å². The summed E-state index contributed by atoms with van der Waals surface area (Å²) in [5.41, 5.74) is 3.03. The molecule has 0 atom stereocenters. The van der Waals surface area contributed by atoms with Crippen molar-refractivity contribution in [3.63, 3.8) is 0 Å². The van der Waals surface area contributed by atoms with Gasteiger partial charge in [-0.3, -0.25) is 0 Å². The van der Waals surface area contributed by atoms with E-state index in [1.807, 2.05) is 73.7 Å². The van der Waals surface area contributed by atoms with E-state index in [1.54, 1.807) is 4.52 Å². The SMILES string of the molecule is Cc1c(-c2nnc3sc(Cc4ccc(Oc5ccccc5)cc4)nn23)oc2ccccc12. The number of rotatable bonds is 5. The first-order valence-corrected chi connectivity index (χ1v) is 11.1.